The Morgan fingerprint density at radius 1 is 1.23 bits per heavy atom. The van der Waals surface area contributed by atoms with Gasteiger partial charge in [-0.3, -0.25) is 4.79 Å². The maximum Gasteiger partial charge on any atom is 0.258 e. The number of fused-ring (bicyclic) bond motifs is 1. The standard InChI is InChI=1S/C21H11BrF2N4O2/c1-10-15(21-28-19-18(30-21)5-12(22)9-26-19)6-13(23)7-17(10)27-20(29)14-3-2-11(8-25)4-16(14)24/h2-7,9H,1H3,(H,27,29). The summed E-state index contributed by atoms with van der Waals surface area (Å²) in [4.78, 5) is 20.9. The summed E-state index contributed by atoms with van der Waals surface area (Å²) < 4.78 is 34.8. The topological polar surface area (TPSA) is 91.8 Å². The minimum atomic E-state index is -0.851. The molecule has 6 nitrogen and oxygen atoms in total. The van der Waals surface area contributed by atoms with Crippen LogP contribution in [0.2, 0.25) is 0 Å². The van der Waals surface area contributed by atoms with Crippen LogP contribution >= 0.6 is 15.9 Å². The molecule has 9 heteroatoms. The number of nitrogens with zero attached hydrogens (tertiary/aromatic N) is 3. The number of rotatable bonds is 3. The number of nitriles is 1. The lowest BCUT2D eigenvalue weighted by atomic mass is 10.1. The number of hydrogen-bond acceptors (Lipinski definition) is 5. The van der Waals surface area contributed by atoms with Crippen molar-refractivity contribution in [1.29, 1.82) is 5.26 Å². The Labute approximate surface area is 177 Å². The van der Waals surface area contributed by atoms with Gasteiger partial charge in [-0.15, -0.1) is 0 Å². The van der Waals surface area contributed by atoms with E-state index in [0.717, 1.165) is 12.1 Å². The molecule has 2 aromatic heterocycles. The lowest BCUT2D eigenvalue weighted by Crippen LogP contribution is -2.15. The highest BCUT2D eigenvalue weighted by atomic mass is 79.9. The molecule has 0 bridgehead atoms. The largest absolute Gasteiger partial charge is 0.434 e. The molecule has 0 saturated heterocycles. The van der Waals surface area contributed by atoms with Gasteiger partial charge in [-0.1, -0.05) is 0 Å². The quantitative estimate of drug-likeness (QED) is 0.436. The number of nitrogens with one attached hydrogen (secondary N) is 1. The van der Waals surface area contributed by atoms with Crippen LogP contribution in [-0.2, 0) is 0 Å². The molecule has 0 aliphatic rings. The average molecular weight is 469 g/mol. The zero-order valence-electron chi connectivity index (χ0n) is 15.3. The summed E-state index contributed by atoms with van der Waals surface area (Å²) in [5.74, 6) is -2.13. The second-order valence-electron chi connectivity index (χ2n) is 6.38. The second-order valence-corrected chi connectivity index (χ2v) is 7.30. The molecule has 4 aromatic rings. The van der Waals surface area contributed by atoms with Crippen LogP contribution in [0.1, 0.15) is 21.5 Å². The van der Waals surface area contributed by atoms with Crippen molar-refractivity contribution in [3.05, 3.63) is 75.4 Å². The Bertz CT molecular complexity index is 1360. The van der Waals surface area contributed by atoms with E-state index in [4.69, 9.17) is 9.68 Å². The van der Waals surface area contributed by atoms with Gasteiger partial charge in [0.1, 0.15) is 11.6 Å². The molecule has 0 radical (unpaired) electrons. The van der Waals surface area contributed by atoms with Crippen molar-refractivity contribution in [2.75, 3.05) is 5.32 Å². The number of amides is 1. The number of oxazole rings is 1. The van der Waals surface area contributed by atoms with Gasteiger partial charge in [0.15, 0.2) is 11.2 Å². The summed E-state index contributed by atoms with van der Waals surface area (Å²) in [7, 11) is 0. The van der Waals surface area contributed by atoms with E-state index in [-0.39, 0.29) is 22.7 Å². The first-order chi connectivity index (χ1) is 14.4. The molecule has 2 heterocycles. The molecule has 1 N–H and O–H groups in total. The first-order valence-corrected chi connectivity index (χ1v) is 9.38. The number of anilines is 1. The van der Waals surface area contributed by atoms with Crippen LogP contribution in [0, 0.1) is 29.9 Å². The Morgan fingerprint density at radius 2 is 2.03 bits per heavy atom. The lowest BCUT2D eigenvalue weighted by Gasteiger charge is -2.12. The van der Waals surface area contributed by atoms with E-state index in [2.05, 4.69) is 31.2 Å². The summed E-state index contributed by atoms with van der Waals surface area (Å²) in [5, 5.41) is 11.3. The molecule has 0 spiro atoms. The van der Waals surface area contributed by atoms with Gasteiger partial charge in [0, 0.05) is 28.0 Å². The second kappa shape index (κ2) is 7.65. The predicted octanol–water partition coefficient (Wildman–Crippen LogP) is 5.36. The van der Waals surface area contributed by atoms with Gasteiger partial charge in [0.05, 0.1) is 17.2 Å². The van der Waals surface area contributed by atoms with E-state index in [9.17, 15) is 13.6 Å². The minimum Gasteiger partial charge on any atom is -0.434 e. The zero-order valence-corrected chi connectivity index (χ0v) is 16.9. The van der Waals surface area contributed by atoms with E-state index < -0.39 is 17.5 Å². The van der Waals surface area contributed by atoms with E-state index in [1.807, 2.05) is 0 Å². The van der Waals surface area contributed by atoms with Crippen LogP contribution in [0.15, 0.2) is 51.5 Å². The van der Waals surface area contributed by atoms with Gasteiger partial charge in [-0.25, -0.2) is 13.8 Å². The molecule has 0 atom stereocenters. The van der Waals surface area contributed by atoms with Crippen molar-refractivity contribution in [3.63, 3.8) is 0 Å². The molecule has 30 heavy (non-hydrogen) atoms. The van der Waals surface area contributed by atoms with Gasteiger partial charge in [-0.2, -0.15) is 10.2 Å². The zero-order chi connectivity index (χ0) is 21.4. The van der Waals surface area contributed by atoms with E-state index in [1.54, 1.807) is 25.3 Å². The van der Waals surface area contributed by atoms with Gasteiger partial charge in [0.2, 0.25) is 5.89 Å². The summed E-state index contributed by atoms with van der Waals surface area (Å²) in [6, 6.07) is 9.31. The third kappa shape index (κ3) is 3.65. The molecular formula is C21H11BrF2N4O2. The summed E-state index contributed by atoms with van der Waals surface area (Å²) in [6.45, 7) is 1.65. The van der Waals surface area contributed by atoms with Crippen LogP contribution in [-0.4, -0.2) is 15.9 Å². The van der Waals surface area contributed by atoms with Crippen LogP contribution < -0.4 is 5.32 Å². The molecule has 1 amide bonds. The number of carbonyl (C=O) groups is 1. The highest BCUT2D eigenvalue weighted by molar-refractivity contribution is 9.10. The van der Waals surface area contributed by atoms with Crippen molar-refractivity contribution in [3.8, 4) is 17.5 Å². The predicted molar refractivity (Wildman–Crippen MR) is 109 cm³/mol. The monoisotopic (exact) mass is 468 g/mol. The smallest absolute Gasteiger partial charge is 0.258 e. The summed E-state index contributed by atoms with van der Waals surface area (Å²) in [5.41, 5.74) is 1.51. The number of benzene rings is 2. The third-order valence-corrected chi connectivity index (χ3v) is 4.84. The molecular weight excluding hydrogens is 458 g/mol. The maximum atomic E-state index is 14.3. The van der Waals surface area contributed by atoms with Gasteiger partial charge in [0.25, 0.3) is 5.91 Å². The van der Waals surface area contributed by atoms with Crippen LogP contribution in [0.25, 0.3) is 22.7 Å². The number of halogens is 3. The first-order valence-electron chi connectivity index (χ1n) is 8.59. The van der Waals surface area contributed by atoms with Crippen molar-refractivity contribution in [2.24, 2.45) is 0 Å². The molecule has 2 aromatic carbocycles. The number of hydrogen-bond donors (Lipinski definition) is 1. The number of pyridine rings is 1. The summed E-state index contributed by atoms with van der Waals surface area (Å²) >= 11 is 3.29. The SMILES string of the molecule is Cc1c(NC(=O)c2ccc(C#N)cc2F)cc(F)cc1-c1nc2ncc(Br)cc2o1. The third-order valence-electron chi connectivity index (χ3n) is 4.41. The van der Waals surface area contributed by atoms with E-state index in [0.29, 0.717) is 26.8 Å². The van der Waals surface area contributed by atoms with Crippen LogP contribution in [0.5, 0.6) is 0 Å². The van der Waals surface area contributed by atoms with Gasteiger partial charge >= 0.3 is 0 Å². The fourth-order valence-corrected chi connectivity index (χ4v) is 3.21. The minimum absolute atomic E-state index is 0.0875. The Balaban J connectivity index is 1.72. The maximum absolute atomic E-state index is 14.3. The molecule has 148 valence electrons. The van der Waals surface area contributed by atoms with Crippen LogP contribution in [0.4, 0.5) is 14.5 Å². The molecule has 0 aliphatic carbocycles. The highest BCUT2D eigenvalue weighted by Crippen LogP contribution is 2.32. The van der Waals surface area contributed by atoms with Crippen molar-refractivity contribution < 1.29 is 18.0 Å². The normalized spacial score (nSPS) is 10.8. The van der Waals surface area contributed by atoms with Crippen LogP contribution in [0.3, 0.4) is 0 Å². The Hall–Kier alpha value is -3.64. The number of aromatic nitrogens is 2. The fourth-order valence-electron chi connectivity index (χ4n) is 2.90. The van der Waals surface area contributed by atoms with Crippen molar-refractivity contribution in [2.45, 2.75) is 6.92 Å². The molecule has 0 unspecified atom stereocenters. The lowest BCUT2D eigenvalue weighted by molar-refractivity contribution is 0.102. The number of carbonyl (C=O) groups excluding carboxylic acids is 1. The molecule has 0 aliphatic heterocycles. The van der Waals surface area contributed by atoms with Crippen molar-refractivity contribution in [1.82, 2.24) is 9.97 Å². The first kappa shape index (κ1) is 19.7. The van der Waals surface area contributed by atoms with Gasteiger partial charge < -0.3 is 9.73 Å². The van der Waals surface area contributed by atoms with E-state index >= 15 is 0 Å². The Kier molecular flexibility index (Phi) is 5.01. The fraction of sp³-hybridized carbons (Fsp3) is 0.0476. The Morgan fingerprint density at radius 3 is 2.77 bits per heavy atom. The molecule has 4 rings (SSSR count). The van der Waals surface area contributed by atoms with E-state index in [1.165, 1.54) is 18.2 Å². The molecule has 0 fully saturated rings. The van der Waals surface area contributed by atoms with Crippen molar-refractivity contribution >= 4 is 38.8 Å². The average Bonchev–Trinajstić information content (AvgIpc) is 3.13. The van der Waals surface area contributed by atoms with Gasteiger partial charge in [-0.05, 0) is 58.7 Å². The highest BCUT2D eigenvalue weighted by Gasteiger charge is 2.19. The summed E-state index contributed by atoms with van der Waals surface area (Å²) in [6.07, 6.45) is 1.56. The molecule has 0 saturated carbocycles.